The van der Waals surface area contributed by atoms with Crippen LogP contribution in [0.3, 0.4) is 0 Å². The highest BCUT2D eigenvalue weighted by atomic mass is 19.3. The van der Waals surface area contributed by atoms with Crippen molar-refractivity contribution >= 4 is 5.82 Å². The summed E-state index contributed by atoms with van der Waals surface area (Å²) in [6, 6.07) is 6.30. The van der Waals surface area contributed by atoms with Crippen LogP contribution in [0.2, 0.25) is 0 Å². The second kappa shape index (κ2) is 6.56. The molecule has 2 aromatic rings. The molecule has 0 radical (unpaired) electrons. The van der Waals surface area contributed by atoms with Crippen LogP contribution in [0.4, 0.5) is 14.6 Å². The normalized spacial score (nSPS) is 11.3. The fourth-order valence-corrected chi connectivity index (χ4v) is 2.35. The molecule has 0 saturated carbocycles. The zero-order valence-electron chi connectivity index (χ0n) is 12.0. The van der Waals surface area contributed by atoms with E-state index in [1.54, 1.807) is 12.1 Å². The summed E-state index contributed by atoms with van der Waals surface area (Å²) < 4.78 is 34.0. The fourth-order valence-electron chi connectivity index (χ4n) is 2.35. The van der Waals surface area contributed by atoms with Crippen molar-refractivity contribution in [2.45, 2.75) is 39.2 Å². The van der Waals surface area contributed by atoms with Gasteiger partial charge in [0.1, 0.15) is 11.5 Å². The monoisotopic (exact) mass is 296 g/mol. The Morgan fingerprint density at radius 1 is 1.19 bits per heavy atom. The number of nitrogen functional groups attached to an aromatic ring is 1. The number of rotatable bonds is 6. The summed E-state index contributed by atoms with van der Waals surface area (Å²) in [5.74, 6) is 1.37. The van der Waals surface area contributed by atoms with Gasteiger partial charge in [0.25, 0.3) is 0 Å². The Bertz CT molecular complexity index is 578. The smallest absolute Gasteiger partial charge is 0.387 e. The first-order valence-electron chi connectivity index (χ1n) is 6.87. The maximum Gasteiger partial charge on any atom is 0.387 e. The minimum absolute atomic E-state index is 0.104. The second-order valence-corrected chi connectivity index (χ2v) is 4.72. The SMILES string of the molecule is CCC(CC)c1onc(N)c1-c1ccc(OC(F)F)cc1. The predicted molar refractivity (Wildman–Crippen MR) is 76.3 cm³/mol. The first-order chi connectivity index (χ1) is 10.1. The molecule has 0 spiro atoms. The average Bonchev–Trinajstić information content (AvgIpc) is 2.83. The highest BCUT2D eigenvalue weighted by Crippen LogP contribution is 2.37. The van der Waals surface area contributed by atoms with Gasteiger partial charge in [0, 0.05) is 5.92 Å². The van der Waals surface area contributed by atoms with Gasteiger partial charge in [0.2, 0.25) is 0 Å². The first-order valence-corrected chi connectivity index (χ1v) is 6.87. The lowest BCUT2D eigenvalue weighted by Crippen LogP contribution is -2.01. The Balaban J connectivity index is 2.35. The van der Waals surface area contributed by atoms with E-state index in [1.165, 1.54) is 12.1 Å². The molecule has 4 nitrogen and oxygen atoms in total. The van der Waals surface area contributed by atoms with Gasteiger partial charge in [-0.2, -0.15) is 8.78 Å². The standard InChI is InChI=1S/C15H18F2N2O2/c1-3-9(4-2)13-12(14(18)19-21-13)10-5-7-11(8-6-10)20-15(16)17/h5-9,15H,3-4H2,1-2H3,(H2,18,19). The third kappa shape index (κ3) is 3.32. The molecule has 0 aliphatic carbocycles. The highest BCUT2D eigenvalue weighted by Gasteiger charge is 2.22. The number of ether oxygens (including phenoxy) is 1. The van der Waals surface area contributed by atoms with Crippen LogP contribution in [0.5, 0.6) is 5.75 Å². The van der Waals surface area contributed by atoms with Crippen LogP contribution < -0.4 is 10.5 Å². The van der Waals surface area contributed by atoms with E-state index in [2.05, 4.69) is 23.7 Å². The molecule has 1 aromatic heterocycles. The average molecular weight is 296 g/mol. The molecule has 21 heavy (non-hydrogen) atoms. The van der Waals surface area contributed by atoms with Gasteiger partial charge in [-0.15, -0.1) is 0 Å². The molecule has 1 aromatic carbocycles. The van der Waals surface area contributed by atoms with Crippen molar-refractivity contribution < 1.29 is 18.0 Å². The largest absolute Gasteiger partial charge is 0.435 e. The summed E-state index contributed by atoms with van der Waals surface area (Å²) in [6.07, 6.45) is 1.81. The van der Waals surface area contributed by atoms with Crippen LogP contribution in [-0.4, -0.2) is 11.8 Å². The van der Waals surface area contributed by atoms with E-state index in [0.29, 0.717) is 5.82 Å². The third-order valence-electron chi connectivity index (χ3n) is 3.47. The summed E-state index contributed by atoms with van der Waals surface area (Å²) >= 11 is 0. The minimum Gasteiger partial charge on any atom is -0.435 e. The van der Waals surface area contributed by atoms with Crippen molar-refractivity contribution in [2.75, 3.05) is 5.73 Å². The van der Waals surface area contributed by atoms with Gasteiger partial charge in [-0.3, -0.25) is 0 Å². The molecule has 0 aliphatic rings. The predicted octanol–water partition coefficient (Wildman–Crippen LogP) is 4.43. The number of hydrogen-bond acceptors (Lipinski definition) is 4. The number of alkyl halides is 2. The van der Waals surface area contributed by atoms with Crippen molar-refractivity contribution in [3.8, 4) is 16.9 Å². The molecular weight excluding hydrogens is 278 g/mol. The van der Waals surface area contributed by atoms with E-state index in [1.807, 2.05) is 0 Å². The molecule has 2 N–H and O–H groups in total. The van der Waals surface area contributed by atoms with Gasteiger partial charge in [0.15, 0.2) is 5.82 Å². The van der Waals surface area contributed by atoms with Crippen LogP contribution in [0, 0.1) is 0 Å². The fraction of sp³-hybridized carbons (Fsp3) is 0.400. The second-order valence-electron chi connectivity index (χ2n) is 4.72. The Kier molecular flexibility index (Phi) is 4.77. The number of halogens is 2. The summed E-state index contributed by atoms with van der Waals surface area (Å²) in [5.41, 5.74) is 7.39. The summed E-state index contributed by atoms with van der Waals surface area (Å²) in [6.45, 7) is 1.29. The van der Waals surface area contributed by atoms with Gasteiger partial charge in [0.05, 0.1) is 5.56 Å². The number of aromatic nitrogens is 1. The van der Waals surface area contributed by atoms with Crippen molar-refractivity contribution in [2.24, 2.45) is 0 Å². The van der Waals surface area contributed by atoms with Crippen LogP contribution in [0.15, 0.2) is 28.8 Å². The maximum absolute atomic E-state index is 12.2. The van der Waals surface area contributed by atoms with Crippen LogP contribution >= 0.6 is 0 Å². The number of nitrogens with zero attached hydrogens (tertiary/aromatic N) is 1. The van der Waals surface area contributed by atoms with E-state index in [0.717, 1.165) is 29.7 Å². The number of nitrogens with two attached hydrogens (primary N) is 1. The van der Waals surface area contributed by atoms with E-state index >= 15 is 0 Å². The third-order valence-corrected chi connectivity index (χ3v) is 3.47. The molecule has 1 heterocycles. The van der Waals surface area contributed by atoms with E-state index < -0.39 is 6.61 Å². The molecule has 0 saturated heterocycles. The van der Waals surface area contributed by atoms with Crippen molar-refractivity contribution in [3.05, 3.63) is 30.0 Å². The lowest BCUT2D eigenvalue weighted by atomic mass is 9.94. The Hall–Kier alpha value is -2.11. The molecule has 0 amide bonds. The minimum atomic E-state index is -2.84. The van der Waals surface area contributed by atoms with Crippen LogP contribution in [0.25, 0.3) is 11.1 Å². The molecule has 0 aliphatic heterocycles. The van der Waals surface area contributed by atoms with E-state index in [-0.39, 0.29) is 11.7 Å². The Labute approximate surface area is 121 Å². The molecule has 6 heteroatoms. The van der Waals surface area contributed by atoms with Crippen LogP contribution in [-0.2, 0) is 0 Å². The molecule has 0 fully saturated rings. The van der Waals surface area contributed by atoms with Gasteiger partial charge >= 0.3 is 6.61 Å². The molecule has 0 bridgehead atoms. The quantitative estimate of drug-likeness (QED) is 0.856. The van der Waals surface area contributed by atoms with Gasteiger partial charge < -0.3 is 15.0 Å². The molecular formula is C15H18F2N2O2. The van der Waals surface area contributed by atoms with Crippen molar-refractivity contribution in [1.82, 2.24) is 5.16 Å². The summed E-state index contributed by atoms with van der Waals surface area (Å²) in [4.78, 5) is 0. The zero-order chi connectivity index (χ0) is 15.4. The lowest BCUT2D eigenvalue weighted by molar-refractivity contribution is -0.0498. The number of anilines is 1. The van der Waals surface area contributed by atoms with Crippen LogP contribution in [0.1, 0.15) is 38.4 Å². The van der Waals surface area contributed by atoms with Gasteiger partial charge in [-0.1, -0.05) is 31.1 Å². The molecule has 0 atom stereocenters. The number of benzene rings is 1. The summed E-state index contributed by atoms with van der Waals surface area (Å²) in [7, 11) is 0. The maximum atomic E-state index is 12.2. The Morgan fingerprint density at radius 2 is 1.81 bits per heavy atom. The zero-order valence-corrected chi connectivity index (χ0v) is 12.0. The molecule has 0 unspecified atom stereocenters. The van der Waals surface area contributed by atoms with Gasteiger partial charge in [-0.05, 0) is 30.5 Å². The van der Waals surface area contributed by atoms with E-state index in [9.17, 15) is 8.78 Å². The van der Waals surface area contributed by atoms with E-state index in [4.69, 9.17) is 10.3 Å². The Morgan fingerprint density at radius 3 is 2.33 bits per heavy atom. The molecule has 114 valence electrons. The van der Waals surface area contributed by atoms with Crippen molar-refractivity contribution in [3.63, 3.8) is 0 Å². The summed E-state index contributed by atoms with van der Waals surface area (Å²) in [5, 5.41) is 3.83. The number of hydrogen-bond donors (Lipinski definition) is 1. The van der Waals surface area contributed by atoms with Gasteiger partial charge in [-0.25, -0.2) is 0 Å². The lowest BCUT2D eigenvalue weighted by Gasteiger charge is -2.11. The first kappa shape index (κ1) is 15.3. The topological polar surface area (TPSA) is 61.3 Å². The molecule has 2 rings (SSSR count). The van der Waals surface area contributed by atoms with Crippen molar-refractivity contribution in [1.29, 1.82) is 0 Å². The highest BCUT2D eigenvalue weighted by molar-refractivity contribution is 5.76.